The third-order valence-corrected chi connectivity index (χ3v) is 8.89. The maximum absolute atomic E-state index is 6.67. The van der Waals surface area contributed by atoms with E-state index in [1.807, 2.05) is 24.3 Å². The predicted octanol–water partition coefficient (Wildman–Crippen LogP) is 10.5. The maximum atomic E-state index is 6.67. The Morgan fingerprint density at radius 3 is 1.11 bits per heavy atom. The SMILES string of the molecule is c1ccc(-c2cccc([C@H]3N=C(CC4=N[C@H](c5cccc(-c6ccccc6)c5)C(c5ccccc5)O4)OC3c3ccccc3)c2)cc1. The van der Waals surface area contributed by atoms with Crippen LogP contribution in [0.3, 0.4) is 0 Å². The van der Waals surface area contributed by atoms with E-state index in [0.29, 0.717) is 18.2 Å². The van der Waals surface area contributed by atoms with Crippen LogP contribution in [-0.2, 0) is 9.47 Å². The van der Waals surface area contributed by atoms with Crippen LogP contribution >= 0.6 is 0 Å². The molecule has 0 saturated heterocycles. The van der Waals surface area contributed by atoms with Crippen LogP contribution in [-0.4, -0.2) is 11.8 Å². The zero-order valence-corrected chi connectivity index (χ0v) is 25.9. The lowest BCUT2D eigenvalue weighted by molar-refractivity contribution is 0.183. The molecule has 0 aliphatic carbocycles. The summed E-state index contributed by atoms with van der Waals surface area (Å²) < 4.78 is 13.3. The topological polar surface area (TPSA) is 43.2 Å². The third-order valence-electron chi connectivity index (χ3n) is 8.89. The van der Waals surface area contributed by atoms with Crippen molar-refractivity contribution < 1.29 is 9.47 Å². The van der Waals surface area contributed by atoms with E-state index in [-0.39, 0.29) is 24.3 Å². The Kier molecular flexibility index (Phi) is 7.90. The highest BCUT2D eigenvalue weighted by atomic mass is 16.5. The predicted molar refractivity (Wildman–Crippen MR) is 189 cm³/mol. The molecule has 4 heteroatoms. The van der Waals surface area contributed by atoms with E-state index in [1.54, 1.807) is 0 Å². The number of hydrogen-bond acceptors (Lipinski definition) is 4. The maximum Gasteiger partial charge on any atom is 0.194 e. The molecular weight excluding hydrogens is 576 g/mol. The molecule has 4 atom stereocenters. The first-order chi connectivity index (χ1) is 23.3. The lowest BCUT2D eigenvalue weighted by Gasteiger charge is -2.19. The zero-order valence-electron chi connectivity index (χ0n) is 25.9. The van der Waals surface area contributed by atoms with Gasteiger partial charge in [-0.15, -0.1) is 0 Å². The van der Waals surface area contributed by atoms with Crippen molar-refractivity contribution in [3.8, 4) is 22.3 Å². The van der Waals surface area contributed by atoms with Crippen molar-refractivity contribution in [2.75, 3.05) is 0 Å². The highest BCUT2D eigenvalue weighted by molar-refractivity contribution is 5.98. The van der Waals surface area contributed by atoms with Crippen molar-refractivity contribution in [3.05, 3.63) is 192 Å². The Morgan fingerprint density at radius 1 is 0.362 bits per heavy atom. The minimum absolute atomic E-state index is 0.193. The van der Waals surface area contributed by atoms with Crippen LogP contribution in [0.2, 0.25) is 0 Å². The van der Waals surface area contributed by atoms with E-state index in [0.717, 1.165) is 33.4 Å². The Bertz CT molecular complexity index is 1880. The molecule has 0 saturated carbocycles. The molecule has 0 fully saturated rings. The fraction of sp³-hybridized carbons (Fsp3) is 0.116. The quantitative estimate of drug-likeness (QED) is 0.172. The molecule has 6 aromatic rings. The van der Waals surface area contributed by atoms with Crippen molar-refractivity contribution in [2.45, 2.75) is 30.7 Å². The number of benzene rings is 6. The van der Waals surface area contributed by atoms with Gasteiger partial charge < -0.3 is 9.47 Å². The van der Waals surface area contributed by atoms with Gasteiger partial charge in [0.25, 0.3) is 0 Å². The Morgan fingerprint density at radius 2 is 0.702 bits per heavy atom. The van der Waals surface area contributed by atoms with Crippen LogP contribution in [0.4, 0.5) is 0 Å². The first-order valence-electron chi connectivity index (χ1n) is 16.2. The molecule has 47 heavy (non-hydrogen) atoms. The van der Waals surface area contributed by atoms with Gasteiger partial charge in [0.05, 0.1) is 6.42 Å². The van der Waals surface area contributed by atoms with E-state index in [2.05, 4.69) is 146 Å². The smallest absolute Gasteiger partial charge is 0.194 e. The van der Waals surface area contributed by atoms with Crippen molar-refractivity contribution >= 4 is 11.8 Å². The van der Waals surface area contributed by atoms with Gasteiger partial charge in [0.15, 0.2) is 24.0 Å². The summed E-state index contributed by atoms with van der Waals surface area (Å²) in [5, 5.41) is 0. The summed E-state index contributed by atoms with van der Waals surface area (Å²) in [6.07, 6.45) is -0.110. The fourth-order valence-corrected chi connectivity index (χ4v) is 6.58. The van der Waals surface area contributed by atoms with Gasteiger partial charge in [-0.05, 0) is 56.6 Å². The highest BCUT2D eigenvalue weighted by Crippen LogP contribution is 2.44. The van der Waals surface area contributed by atoms with E-state index in [1.165, 1.54) is 11.1 Å². The summed E-state index contributed by atoms with van der Waals surface area (Å²) in [5.41, 5.74) is 9.08. The summed E-state index contributed by atoms with van der Waals surface area (Å²) in [4.78, 5) is 10.4. The zero-order chi connectivity index (χ0) is 31.4. The van der Waals surface area contributed by atoms with E-state index in [9.17, 15) is 0 Å². The van der Waals surface area contributed by atoms with Crippen molar-refractivity contribution in [3.63, 3.8) is 0 Å². The minimum atomic E-state index is -0.248. The number of hydrogen-bond donors (Lipinski definition) is 0. The highest BCUT2D eigenvalue weighted by Gasteiger charge is 2.38. The van der Waals surface area contributed by atoms with Gasteiger partial charge in [-0.25, -0.2) is 9.98 Å². The summed E-state index contributed by atoms with van der Waals surface area (Å²) in [6.45, 7) is 0. The lowest BCUT2D eigenvalue weighted by Crippen LogP contribution is -2.13. The van der Waals surface area contributed by atoms with Crippen LogP contribution in [0.15, 0.2) is 180 Å². The molecule has 0 amide bonds. The molecule has 8 rings (SSSR count). The van der Waals surface area contributed by atoms with Crippen LogP contribution in [0.25, 0.3) is 22.3 Å². The summed E-state index contributed by atoms with van der Waals surface area (Å²) in [5.74, 6) is 1.27. The minimum Gasteiger partial charge on any atom is -0.470 e. The first-order valence-corrected chi connectivity index (χ1v) is 16.2. The monoisotopic (exact) mass is 610 g/mol. The van der Waals surface area contributed by atoms with Crippen molar-refractivity contribution in [1.29, 1.82) is 0 Å². The average Bonchev–Trinajstić information content (AvgIpc) is 3.78. The normalized spacial score (nSPS) is 20.2. The van der Waals surface area contributed by atoms with Crippen LogP contribution in [0.5, 0.6) is 0 Å². The second kappa shape index (κ2) is 12.9. The van der Waals surface area contributed by atoms with E-state index in [4.69, 9.17) is 19.5 Å². The largest absolute Gasteiger partial charge is 0.470 e. The summed E-state index contributed by atoms with van der Waals surface area (Å²) in [6, 6.07) is 58.5. The first kappa shape index (κ1) is 28.7. The number of nitrogens with zero attached hydrogens (tertiary/aromatic N) is 2. The van der Waals surface area contributed by atoms with Gasteiger partial charge in [-0.2, -0.15) is 0 Å². The van der Waals surface area contributed by atoms with Gasteiger partial charge in [-0.1, -0.05) is 158 Å². The van der Waals surface area contributed by atoms with Crippen LogP contribution in [0, 0.1) is 0 Å². The number of rotatable bonds is 8. The van der Waals surface area contributed by atoms with Gasteiger partial charge in [0, 0.05) is 0 Å². The molecule has 2 aliphatic heterocycles. The summed E-state index contributed by atoms with van der Waals surface area (Å²) in [7, 11) is 0. The molecule has 2 aliphatic rings. The van der Waals surface area contributed by atoms with Gasteiger partial charge in [-0.3, -0.25) is 0 Å². The molecule has 228 valence electrons. The van der Waals surface area contributed by atoms with Gasteiger partial charge >= 0.3 is 0 Å². The van der Waals surface area contributed by atoms with Gasteiger partial charge in [0.1, 0.15) is 12.1 Å². The average molecular weight is 611 g/mol. The molecule has 0 aromatic heterocycles. The number of aliphatic imine (C=N–C) groups is 2. The van der Waals surface area contributed by atoms with Crippen LogP contribution < -0.4 is 0 Å². The van der Waals surface area contributed by atoms with Crippen molar-refractivity contribution in [2.24, 2.45) is 9.98 Å². The summed E-state index contributed by atoms with van der Waals surface area (Å²) >= 11 is 0. The standard InChI is InChI=1S/C43H34N2O2/c1-5-15-30(16-6-1)34-23-13-25-36(27-34)40-42(32-19-9-3-10-20-32)46-38(44-40)29-39-45-41(43(47-39)33-21-11-4-12-22-33)37-26-14-24-35(28-37)31-17-7-2-8-18-31/h1-28,40-43H,29H2/t40-,41-,42?,43?/m1/s1. The molecule has 0 bridgehead atoms. The Labute approximate surface area is 275 Å². The molecule has 6 aromatic carbocycles. The van der Waals surface area contributed by atoms with E-state index < -0.39 is 0 Å². The molecule has 0 spiro atoms. The second-order valence-corrected chi connectivity index (χ2v) is 12.0. The molecule has 4 nitrogen and oxygen atoms in total. The molecule has 2 heterocycles. The molecule has 0 radical (unpaired) electrons. The van der Waals surface area contributed by atoms with Crippen LogP contribution in [0.1, 0.15) is 53.0 Å². The van der Waals surface area contributed by atoms with E-state index >= 15 is 0 Å². The van der Waals surface area contributed by atoms with Gasteiger partial charge in [0.2, 0.25) is 0 Å². The fourth-order valence-electron chi connectivity index (χ4n) is 6.58. The Balaban J connectivity index is 1.12. The van der Waals surface area contributed by atoms with Crippen molar-refractivity contribution in [1.82, 2.24) is 0 Å². The molecular formula is C43H34N2O2. The number of ether oxygens (including phenoxy) is 2. The second-order valence-electron chi connectivity index (χ2n) is 12.0. The third kappa shape index (κ3) is 6.10. The lowest BCUT2D eigenvalue weighted by atomic mass is 9.94. The molecule has 2 unspecified atom stereocenters. The Hall–Kier alpha value is -5.74. The molecule has 0 N–H and O–H groups in total.